The van der Waals surface area contributed by atoms with E-state index in [1.807, 2.05) is 43.3 Å². The summed E-state index contributed by atoms with van der Waals surface area (Å²) in [6, 6.07) is 13.5. The molecule has 0 N–H and O–H groups in total. The van der Waals surface area contributed by atoms with Gasteiger partial charge in [0.25, 0.3) is 5.91 Å². The highest BCUT2D eigenvalue weighted by molar-refractivity contribution is 6.23. The molecule has 0 saturated heterocycles. The van der Waals surface area contributed by atoms with Crippen LogP contribution in [0.2, 0.25) is 0 Å². The Morgan fingerprint density at radius 3 is 2.32 bits per heavy atom. The molecule has 0 atom stereocenters. The van der Waals surface area contributed by atoms with Crippen molar-refractivity contribution in [2.45, 2.75) is 6.92 Å². The first-order chi connectivity index (χ1) is 13.3. The predicted octanol–water partition coefficient (Wildman–Crippen LogP) is 3.77. The van der Waals surface area contributed by atoms with Crippen LogP contribution in [0.5, 0.6) is 0 Å². The number of esters is 1. The number of amides is 1. The summed E-state index contributed by atoms with van der Waals surface area (Å²) >= 11 is 0. The van der Waals surface area contributed by atoms with E-state index in [0.717, 1.165) is 11.3 Å². The van der Waals surface area contributed by atoms with Crippen molar-refractivity contribution in [2.24, 2.45) is 0 Å². The molecule has 6 heteroatoms. The second-order valence-corrected chi connectivity index (χ2v) is 6.59. The zero-order chi connectivity index (χ0) is 20.4. The lowest BCUT2D eigenvalue weighted by molar-refractivity contribution is -0.136. The van der Waals surface area contributed by atoms with Crippen LogP contribution in [0.1, 0.15) is 12.5 Å². The highest BCUT2D eigenvalue weighted by Crippen LogP contribution is 2.36. The standard InChI is InChI=1S/C22H21FN2O3/c1-14-20(22(27)28-4)17(13-15-9-11-16(12-10-15)24(2)3)21(26)25(14)19-8-6-5-7-18(19)23/h5-13H,1-4H3/b17-13-. The highest BCUT2D eigenvalue weighted by atomic mass is 19.1. The van der Waals surface area contributed by atoms with Crippen molar-refractivity contribution in [1.29, 1.82) is 0 Å². The number of halogens is 1. The van der Waals surface area contributed by atoms with Gasteiger partial charge in [-0.3, -0.25) is 9.69 Å². The van der Waals surface area contributed by atoms with Crippen molar-refractivity contribution >= 4 is 29.3 Å². The largest absolute Gasteiger partial charge is 0.465 e. The monoisotopic (exact) mass is 380 g/mol. The van der Waals surface area contributed by atoms with Gasteiger partial charge in [0.15, 0.2) is 0 Å². The molecule has 0 aliphatic carbocycles. The molecule has 1 aliphatic heterocycles. The van der Waals surface area contributed by atoms with E-state index in [1.54, 1.807) is 25.1 Å². The number of para-hydroxylation sites is 1. The van der Waals surface area contributed by atoms with Gasteiger partial charge in [-0.05, 0) is 42.8 Å². The summed E-state index contributed by atoms with van der Waals surface area (Å²) in [6.45, 7) is 1.60. The maximum Gasteiger partial charge on any atom is 0.340 e. The van der Waals surface area contributed by atoms with Crippen molar-refractivity contribution in [3.8, 4) is 0 Å². The number of carbonyl (C=O) groups is 2. The fourth-order valence-electron chi connectivity index (χ4n) is 3.14. The number of carbonyl (C=O) groups excluding carboxylic acids is 2. The van der Waals surface area contributed by atoms with Crippen LogP contribution in [0, 0.1) is 5.82 Å². The Bertz CT molecular complexity index is 991. The molecule has 5 nitrogen and oxygen atoms in total. The average molecular weight is 380 g/mol. The molecule has 0 bridgehead atoms. The summed E-state index contributed by atoms with van der Waals surface area (Å²) in [6.07, 6.45) is 1.62. The Balaban J connectivity index is 2.11. The smallest absolute Gasteiger partial charge is 0.340 e. The van der Waals surface area contributed by atoms with Crippen LogP contribution < -0.4 is 9.80 Å². The number of rotatable bonds is 4. The second-order valence-electron chi connectivity index (χ2n) is 6.59. The van der Waals surface area contributed by atoms with Gasteiger partial charge in [-0.15, -0.1) is 0 Å². The summed E-state index contributed by atoms with van der Waals surface area (Å²) in [5.74, 6) is -1.66. The molecule has 0 saturated carbocycles. The number of anilines is 2. The minimum absolute atomic E-state index is 0.0951. The van der Waals surface area contributed by atoms with E-state index in [4.69, 9.17) is 4.74 Å². The molecule has 2 aromatic rings. The molecule has 0 spiro atoms. The third kappa shape index (κ3) is 3.41. The predicted molar refractivity (Wildman–Crippen MR) is 107 cm³/mol. The fraction of sp³-hybridized carbons (Fsp3) is 0.182. The Kier molecular flexibility index (Phi) is 5.31. The lowest BCUT2D eigenvalue weighted by atomic mass is 10.0. The normalized spacial score (nSPS) is 15.4. The molecule has 3 rings (SSSR count). The lowest BCUT2D eigenvalue weighted by Crippen LogP contribution is -2.25. The molecule has 1 aliphatic rings. The Hall–Kier alpha value is -3.41. The first kappa shape index (κ1) is 19.4. The van der Waals surface area contributed by atoms with E-state index in [9.17, 15) is 14.0 Å². The van der Waals surface area contributed by atoms with Gasteiger partial charge < -0.3 is 9.64 Å². The third-order valence-electron chi connectivity index (χ3n) is 4.60. The van der Waals surface area contributed by atoms with Crippen LogP contribution in [-0.2, 0) is 14.3 Å². The third-order valence-corrected chi connectivity index (χ3v) is 4.60. The molecular weight excluding hydrogens is 359 g/mol. The Morgan fingerprint density at radius 2 is 1.75 bits per heavy atom. The number of hydrogen-bond acceptors (Lipinski definition) is 4. The fourth-order valence-corrected chi connectivity index (χ4v) is 3.14. The molecule has 0 radical (unpaired) electrons. The molecule has 0 fully saturated rings. The van der Waals surface area contributed by atoms with Crippen LogP contribution in [0.25, 0.3) is 6.08 Å². The second kappa shape index (κ2) is 7.68. The SMILES string of the molecule is COC(=O)C1=C(C)N(c2ccccc2F)C(=O)/C1=C\c1ccc(N(C)C)cc1. The number of nitrogens with zero attached hydrogens (tertiary/aromatic N) is 2. The molecule has 28 heavy (non-hydrogen) atoms. The van der Waals surface area contributed by atoms with E-state index in [1.165, 1.54) is 24.1 Å². The number of benzene rings is 2. The molecule has 144 valence electrons. The van der Waals surface area contributed by atoms with Crippen LogP contribution >= 0.6 is 0 Å². The van der Waals surface area contributed by atoms with Gasteiger partial charge in [0.1, 0.15) is 5.82 Å². The number of methoxy groups -OCH3 is 1. The van der Waals surface area contributed by atoms with E-state index < -0.39 is 17.7 Å². The number of allylic oxidation sites excluding steroid dienone is 1. The Labute approximate surface area is 163 Å². The zero-order valence-electron chi connectivity index (χ0n) is 16.2. The van der Waals surface area contributed by atoms with Gasteiger partial charge in [0.05, 0.1) is 23.9 Å². The van der Waals surface area contributed by atoms with Crippen LogP contribution in [0.3, 0.4) is 0 Å². The van der Waals surface area contributed by atoms with Gasteiger partial charge in [0.2, 0.25) is 0 Å². The molecule has 0 unspecified atom stereocenters. The summed E-state index contributed by atoms with van der Waals surface area (Å²) < 4.78 is 19.2. The zero-order valence-corrected chi connectivity index (χ0v) is 16.2. The van der Waals surface area contributed by atoms with Crippen LogP contribution in [-0.4, -0.2) is 33.1 Å². The minimum Gasteiger partial charge on any atom is -0.465 e. The molecular formula is C22H21FN2O3. The van der Waals surface area contributed by atoms with Crippen molar-refractivity contribution < 1.29 is 18.7 Å². The van der Waals surface area contributed by atoms with Crippen molar-refractivity contribution in [2.75, 3.05) is 31.0 Å². The van der Waals surface area contributed by atoms with E-state index >= 15 is 0 Å². The highest BCUT2D eigenvalue weighted by Gasteiger charge is 2.38. The summed E-state index contributed by atoms with van der Waals surface area (Å²) in [5, 5.41) is 0. The summed E-state index contributed by atoms with van der Waals surface area (Å²) in [4.78, 5) is 28.7. The topological polar surface area (TPSA) is 49.9 Å². The Morgan fingerprint density at radius 1 is 1.11 bits per heavy atom. The van der Waals surface area contributed by atoms with Gasteiger partial charge >= 0.3 is 5.97 Å². The molecule has 1 amide bonds. The van der Waals surface area contributed by atoms with Gasteiger partial charge in [-0.1, -0.05) is 24.3 Å². The lowest BCUT2D eigenvalue weighted by Gasteiger charge is -2.18. The van der Waals surface area contributed by atoms with Crippen molar-refractivity contribution in [1.82, 2.24) is 0 Å². The molecule has 2 aromatic carbocycles. The van der Waals surface area contributed by atoms with Crippen LogP contribution in [0.4, 0.5) is 15.8 Å². The maximum absolute atomic E-state index is 14.3. The molecule has 1 heterocycles. The summed E-state index contributed by atoms with van der Waals surface area (Å²) in [7, 11) is 5.12. The van der Waals surface area contributed by atoms with E-state index in [0.29, 0.717) is 5.70 Å². The van der Waals surface area contributed by atoms with Crippen LogP contribution in [0.15, 0.2) is 65.4 Å². The van der Waals surface area contributed by atoms with Gasteiger partial charge in [-0.25, -0.2) is 9.18 Å². The number of hydrogen-bond donors (Lipinski definition) is 0. The van der Waals surface area contributed by atoms with Gasteiger partial charge in [0, 0.05) is 25.5 Å². The summed E-state index contributed by atoms with van der Waals surface area (Å²) in [5.41, 5.74) is 2.49. The molecule has 0 aromatic heterocycles. The number of ether oxygens (including phenoxy) is 1. The van der Waals surface area contributed by atoms with Crippen molar-refractivity contribution in [3.63, 3.8) is 0 Å². The van der Waals surface area contributed by atoms with Crippen molar-refractivity contribution in [3.05, 3.63) is 76.8 Å². The first-order valence-electron chi connectivity index (χ1n) is 8.72. The minimum atomic E-state index is -0.638. The van der Waals surface area contributed by atoms with E-state index in [-0.39, 0.29) is 16.8 Å². The average Bonchev–Trinajstić information content (AvgIpc) is 2.92. The maximum atomic E-state index is 14.3. The first-order valence-corrected chi connectivity index (χ1v) is 8.72. The van der Waals surface area contributed by atoms with Gasteiger partial charge in [-0.2, -0.15) is 0 Å². The van der Waals surface area contributed by atoms with E-state index in [2.05, 4.69) is 0 Å². The quantitative estimate of drug-likeness (QED) is 0.599.